The van der Waals surface area contributed by atoms with Gasteiger partial charge in [-0.15, -0.1) is 34.0 Å². The van der Waals surface area contributed by atoms with Gasteiger partial charge < -0.3 is 25.6 Å². The molecule has 1 saturated heterocycles. The second-order valence-electron chi connectivity index (χ2n) is 13.9. The fourth-order valence-electron chi connectivity index (χ4n) is 7.30. The van der Waals surface area contributed by atoms with Crippen molar-refractivity contribution in [3.8, 4) is 0 Å². The second-order valence-corrected chi connectivity index (χ2v) is 19.7. The summed E-state index contributed by atoms with van der Waals surface area (Å²) < 4.78 is 9.05. The Morgan fingerprint density at radius 1 is 0.905 bits per heavy atom. The summed E-state index contributed by atoms with van der Waals surface area (Å²) in [5.41, 5.74) is 6.96. The molecule has 2 aliphatic heterocycles. The first-order valence-corrected chi connectivity index (χ1v) is 22.1. The van der Waals surface area contributed by atoms with Gasteiger partial charge in [0.25, 0.3) is 5.91 Å². The number of carbonyl (C=O) groups is 5. The number of ketones is 2. The first kappa shape index (κ1) is 46.8. The number of pyridine rings is 2. The maximum atomic E-state index is 13.2. The molecule has 0 aromatic carbocycles. The number of amides is 2. The number of carbonyl (C=O) groups excluding carboxylic acids is 5. The highest BCUT2D eigenvalue weighted by Crippen LogP contribution is 2.51. The maximum Gasteiger partial charge on any atom is 0.283 e. The van der Waals surface area contributed by atoms with Crippen LogP contribution in [0.15, 0.2) is 106 Å². The molecule has 10 heterocycles. The van der Waals surface area contributed by atoms with Crippen LogP contribution in [-0.4, -0.2) is 93.1 Å². The molecule has 2 amide bonds. The summed E-state index contributed by atoms with van der Waals surface area (Å²) in [6.07, 6.45) is 17.7. The Balaban J connectivity index is 0.000000193. The number of hydrogen-bond acceptors (Lipinski definition) is 14. The molecule has 0 saturated carbocycles. The van der Waals surface area contributed by atoms with Crippen LogP contribution in [0.1, 0.15) is 58.3 Å². The van der Waals surface area contributed by atoms with Crippen LogP contribution in [0.4, 0.5) is 0 Å². The van der Waals surface area contributed by atoms with Gasteiger partial charge in [-0.3, -0.25) is 37.4 Å². The molecule has 23 heteroatoms. The molecule has 8 aromatic rings. The van der Waals surface area contributed by atoms with Crippen LogP contribution >= 0.6 is 65.9 Å². The van der Waals surface area contributed by atoms with E-state index in [1.807, 2.05) is 34.3 Å². The van der Waals surface area contributed by atoms with E-state index in [-0.39, 0.29) is 51.3 Å². The Kier molecular flexibility index (Phi) is 14.1. The van der Waals surface area contributed by atoms with Gasteiger partial charge in [0.15, 0.2) is 12.4 Å². The lowest BCUT2D eigenvalue weighted by Gasteiger charge is -2.47. The molecule has 1 fully saturated rings. The average molecular weight is 1030 g/mol. The van der Waals surface area contributed by atoms with Crippen LogP contribution < -0.4 is 15.4 Å². The van der Waals surface area contributed by atoms with E-state index < -0.39 is 35.8 Å². The highest BCUT2D eigenvalue weighted by molar-refractivity contribution is 9.11. The lowest BCUT2D eigenvalue weighted by atomic mass is 9.77. The van der Waals surface area contributed by atoms with Crippen molar-refractivity contribution in [2.24, 2.45) is 17.6 Å². The third-order valence-electron chi connectivity index (χ3n) is 9.91. The number of thiazole rings is 3. The van der Waals surface area contributed by atoms with E-state index in [1.54, 1.807) is 77.4 Å². The van der Waals surface area contributed by atoms with E-state index >= 15 is 0 Å². The van der Waals surface area contributed by atoms with Crippen molar-refractivity contribution in [3.63, 3.8) is 0 Å². The van der Waals surface area contributed by atoms with Gasteiger partial charge in [-0.25, -0.2) is 15.0 Å². The van der Waals surface area contributed by atoms with Crippen LogP contribution in [0.2, 0.25) is 0 Å². The lowest BCUT2D eigenvalue weighted by Crippen LogP contribution is -2.64. The summed E-state index contributed by atoms with van der Waals surface area (Å²) in [6, 6.07) is 6.23. The molecule has 8 aromatic heterocycles. The number of β-lactam (4-membered cyclic amide) rings is 1. The quantitative estimate of drug-likeness (QED) is 0.0912. The average Bonchev–Trinajstić information content (AvgIpc) is 4.08. The lowest BCUT2D eigenvalue weighted by molar-refractivity contribution is -0.684. The summed E-state index contributed by atoms with van der Waals surface area (Å²) in [4.78, 5) is 81.8. The van der Waals surface area contributed by atoms with Crippen LogP contribution in [0, 0.1) is 11.8 Å². The van der Waals surface area contributed by atoms with E-state index in [1.165, 1.54) is 56.4 Å². The van der Waals surface area contributed by atoms with Crippen LogP contribution in [0.25, 0.3) is 20.1 Å². The monoisotopic (exact) mass is 1030 g/mol. The molecular weight excluding hydrogens is 999 g/mol. The fourth-order valence-corrected chi connectivity index (χ4v) is 11.4. The molecule has 63 heavy (non-hydrogen) atoms. The number of rotatable bonds is 9. The minimum absolute atomic E-state index is 0. The largest absolute Gasteiger partial charge is 0.543 e. The van der Waals surface area contributed by atoms with E-state index in [2.05, 4.69) is 51.8 Å². The third kappa shape index (κ3) is 8.93. The molecule has 0 bridgehead atoms. The van der Waals surface area contributed by atoms with Crippen molar-refractivity contribution >= 4 is 124 Å². The maximum absolute atomic E-state index is 13.2. The number of carboxylic acid groups (broad SMARTS) is 1. The summed E-state index contributed by atoms with van der Waals surface area (Å²) in [5, 5.41) is 22.1. The number of nitrogens with two attached hydrogens (primary N) is 1. The molecule has 321 valence electrons. The standard InChI is InChI=1S/C23H21N5O6S.C11H6BrN3OS.C5H3BrN2S.CH4.B/c1-10-15(19(23(33)34)28-18(10)16(11(2)29)21(28)32)13-7-27-9-25-17(22(27)35-13)20(31)12-4-3-5-26(6-12)8-14(24)30;12-8-5-15-6-14-9(11(15)17-8)10(16)7-2-1-3-13-4-7;6-4-2-8-3-7-1-5(8)9-4;;/h3-7,9-11,16,18,29H,8H2,1-2H3,(H2-,24,30,33,34);1-6H;1-3H;1H4;/t10-,11+,16+,18+;;;;/m0..../s1. The number of hydrogen-bond donors (Lipinski definition) is 2. The SMILES string of the molecule is Brc1cn2cncc2s1.C.C[C@@H](O)[C@H]1C(=O)N2C(C(=O)[O-])=C(c3cn4cnc(C(=O)c5ccc[n+](CC(N)=O)c5)c4s3)[C@H](C)[C@H]12.O=C(c1cccnc1)c1ncn2cc(Br)sc12.[B]. The number of aromatic nitrogens is 8. The van der Waals surface area contributed by atoms with Gasteiger partial charge in [0.05, 0.1) is 60.3 Å². The number of aliphatic hydroxyl groups is 1. The molecule has 3 radical (unpaired) electrons. The fraction of sp³-hybridized carbons (Fsp3) is 0.200. The van der Waals surface area contributed by atoms with Gasteiger partial charge in [-0.1, -0.05) is 14.4 Å². The Morgan fingerprint density at radius 3 is 2.17 bits per heavy atom. The van der Waals surface area contributed by atoms with Crippen molar-refractivity contribution in [2.45, 2.75) is 40.0 Å². The zero-order chi connectivity index (χ0) is 43.3. The van der Waals surface area contributed by atoms with Crippen LogP contribution in [0.3, 0.4) is 0 Å². The predicted molar refractivity (Wildman–Crippen MR) is 241 cm³/mol. The topological polar surface area (TPSA) is 227 Å². The van der Waals surface area contributed by atoms with Crippen molar-refractivity contribution < 1.29 is 38.8 Å². The van der Waals surface area contributed by atoms with Gasteiger partial charge in [0.1, 0.15) is 38.5 Å². The van der Waals surface area contributed by atoms with Crippen LogP contribution in [0.5, 0.6) is 0 Å². The molecular formula is C40H34BBr2N10O7S3. The first-order valence-electron chi connectivity index (χ1n) is 18.1. The molecule has 3 N–H and O–H groups in total. The minimum atomic E-state index is -1.47. The van der Waals surface area contributed by atoms with Gasteiger partial charge in [0, 0.05) is 62.5 Å². The number of halogens is 2. The summed E-state index contributed by atoms with van der Waals surface area (Å²) in [5.74, 6) is -3.99. The first-order chi connectivity index (χ1) is 29.2. The molecule has 2 aliphatic rings. The normalized spacial score (nSPS) is 16.9. The van der Waals surface area contributed by atoms with E-state index in [4.69, 9.17) is 5.73 Å². The number of primary amides is 1. The van der Waals surface area contributed by atoms with Crippen molar-refractivity contribution in [1.82, 2.24) is 38.0 Å². The molecule has 0 aliphatic carbocycles. The molecule has 10 rings (SSSR count). The Hall–Kier alpha value is -5.72. The van der Waals surface area contributed by atoms with Crippen molar-refractivity contribution in [1.29, 1.82) is 0 Å². The summed E-state index contributed by atoms with van der Waals surface area (Å²) in [6.45, 7) is 3.25. The van der Waals surface area contributed by atoms with E-state index in [0.29, 0.717) is 32.1 Å². The summed E-state index contributed by atoms with van der Waals surface area (Å²) in [7, 11) is 0. The predicted octanol–water partition coefficient (Wildman–Crippen LogP) is 3.92. The highest BCUT2D eigenvalue weighted by atomic mass is 79.9. The van der Waals surface area contributed by atoms with E-state index in [9.17, 15) is 34.2 Å². The Morgan fingerprint density at radius 2 is 1.54 bits per heavy atom. The molecule has 0 spiro atoms. The number of imidazole rings is 3. The van der Waals surface area contributed by atoms with Gasteiger partial charge in [0.2, 0.25) is 24.0 Å². The van der Waals surface area contributed by atoms with Crippen molar-refractivity contribution in [2.75, 3.05) is 0 Å². The summed E-state index contributed by atoms with van der Waals surface area (Å²) >= 11 is 11.1. The zero-order valence-corrected chi connectivity index (χ0v) is 37.9. The molecule has 4 atom stereocenters. The number of carboxylic acids is 1. The number of aliphatic hydroxyl groups excluding tert-OH is 1. The van der Waals surface area contributed by atoms with Gasteiger partial charge in [-0.2, -0.15) is 4.57 Å². The number of fused-ring (bicyclic) bond motifs is 4. The zero-order valence-electron chi connectivity index (χ0n) is 32.2. The van der Waals surface area contributed by atoms with E-state index in [0.717, 1.165) is 12.4 Å². The smallest absolute Gasteiger partial charge is 0.283 e. The second kappa shape index (κ2) is 18.9. The van der Waals surface area contributed by atoms with Crippen LogP contribution in [-0.2, 0) is 20.9 Å². The minimum Gasteiger partial charge on any atom is -0.543 e. The highest BCUT2D eigenvalue weighted by Gasteiger charge is 2.59. The van der Waals surface area contributed by atoms with Crippen molar-refractivity contribution in [3.05, 3.63) is 133 Å². The molecule has 17 nitrogen and oxygen atoms in total. The number of aliphatic carboxylic acids is 1. The number of nitrogens with zero attached hydrogens (tertiary/aromatic N) is 9. The Labute approximate surface area is 389 Å². The third-order valence-corrected chi connectivity index (χ3v) is 14.2. The Bertz CT molecular complexity index is 3040. The van der Waals surface area contributed by atoms with Gasteiger partial charge >= 0.3 is 0 Å². The molecule has 0 unspecified atom stereocenters. The van der Waals surface area contributed by atoms with Gasteiger partial charge in [-0.05, 0) is 57.0 Å².